The standard InChI is InChI=1S/C21H21F3N4O/c1-12(2)28-19-17(11-26-28)16(9-18(27-19)14-6-7-14)20(29)25-10-13-4-3-5-15(8-13)21(22,23)24/h3-5,8-9,11-12,14H,6-7,10H2,1-2H3,(H,25,29). The van der Waals surface area contributed by atoms with Gasteiger partial charge in [-0.1, -0.05) is 12.1 Å². The lowest BCUT2D eigenvalue weighted by Gasteiger charge is -2.12. The number of rotatable bonds is 5. The molecule has 3 aromatic rings. The molecule has 0 unspecified atom stereocenters. The first-order valence-corrected chi connectivity index (χ1v) is 9.56. The Morgan fingerprint density at radius 1 is 1.28 bits per heavy atom. The number of halogens is 3. The first-order chi connectivity index (χ1) is 13.7. The van der Waals surface area contributed by atoms with Crippen LogP contribution in [0.25, 0.3) is 11.0 Å². The molecule has 5 nitrogen and oxygen atoms in total. The summed E-state index contributed by atoms with van der Waals surface area (Å²) in [7, 11) is 0. The fourth-order valence-corrected chi connectivity index (χ4v) is 3.33. The van der Waals surface area contributed by atoms with Crippen LogP contribution in [-0.4, -0.2) is 20.7 Å². The van der Waals surface area contributed by atoms with Gasteiger partial charge in [-0.2, -0.15) is 18.3 Å². The van der Waals surface area contributed by atoms with Crippen molar-refractivity contribution in [1.82, 2.24) is 20.1 Å². The van der Waals surface area contributed by atoms with Crippen LogP contribution in [0.1, 0.15) is 65.8 Å². The van der Waals surface area contributed by atoms with Crippen LogP contribution in [0.3, 0.4) is 0 Å². The molecule has 0 saturated heterocycles. The molecular weight excluding hydrogens is 381 g/mol. The van der Waals surface area contributed by atoms with Gasteiger partial charge in [0.05, 0.1) is 22.7 Å². The van der Waals surface area contributed by atoms with E-state index < -0.39 is 11.7 Å². The molecule has 0 spiro atoms. The highest BCUT2D eigenvalue weighted by Gasteiger charge is 2.30. The van der Waals surface area contributed by atoms with Gasteiger partial charge in [-0.05, 0) is 50.5 Å². The fraction of sp³-hybridized carbons (Fsp3) is 0.381. The normalized spacial score (nSPS) is 14.6. The highest BCUT2D eigenvalue weighted by atomic mass is 19.4. The molecule has 0 radical (unpaired) electrons. The van der Waals surface area contributed by atoms with E-state index in [0.717, 1.165) is 30.7 Å². The summed E-state index contributed by atoms with van der Waals surface area (Å²) < 4.78 is 40.5. The van der Waals surface area contributed by atoms with Crippen LogP contribution in [0.15, 0.2) is 36.5 Å². The smallest absolute Gasteiger partial charge is 0.348 e. The second-order valence-corrected chi connectivity index (χ2v) is 7.67. The minimum absolute atomic E-state index is 0.00362. The van der Waals surface area contributed by atoms with Crippen molar-refractivity contribution >= 4 is 16.9 Å². The lowest BCUT2D eigenvalue weighted by molar-refractivity contribution is -0.137. The minimum Gasteiger partial charge on any atom is -0.348 e. The molecule has 152 valence electrons. The largest absolute Gasteiger partial charge is 0.416 e. The lowest BCUT2D eigenvalue weighted by atomic mass is 10.1. The Kier molecular flexibility index (Phi) is 4.80. The van der Waals surface area contributed by atoms with E-state index in [1.165, 1.54) is 6.07 Å². The number of aromatic nitrogens is 3. The van der Waals surface area contributed by atoms with E-state index in [9.17, 15) is 18.0 Å². The van der Waals surface area contributed by atoms with Gasteiger partial charge in [0.15, 0.2) is 5.65 Å². The maximum absolute atomic E-state index is 12.9. The number of pyridine rings is 1. The SMILES string of the molecule is CC(C)n1ncc2c(C(=O)NCc3cccc(C(F)(F)F)c3)cc(C3CC3)nc21. The zero-order valence-corrected chi connectivity index (χ0v) is 16.1. The molecule has 1 aliphatic carbocycles. The van der Waals surface area contributed by atoms with Crippen LogP contribution in [0.2, 0.25) is 0 Å². The van der Waals surface area contributed by atoms with Gasteiger partial charge in [0, 0.05) is 24.2 Å². The first-order valence-electron chi connectivity index (χ1n) is 9.56. The molecule has 0 bridgehead atoms. The number of amides is 1. The maximum Gasteiger partial charge on any atom is 0.416 e. The molecular formula is C21H21F3N4O. The second kappa shape index (κ2) is 7.17. The van der Waals surface area contributed by atoms with E-state index in [1.54, 1.807) is 23.0 Å². The van der Waals surface area contributed by atoms with Gasteiger partial charge >= 0.3 is 6.18 Å². The van der Waals surface area contributed by atoms with Crippen LogP contribution in [0.4, 0.5) is 13.2 Å². The Morgan fingerprint density at radius 3 is 2.69 bits per heavy atom. The Bertz CT molecular complexity index is 1070. The molecule has 0 atom stereocenters. The Balaban J connectivity index is 1.62. The van der Waals surface area contributed by atoms with Crippen molar-refractivity contribution in [3.05, 3.63) is 58.9 Å². The summed E-state index contributed by atoms with van der Waals surface area (Å²) in [6.45, 7) is 3.99. The zero-order chi connectivity index (χ0) is 20.8. The number of carbonyl (C=O) groups is 1. The van der Waals surface area contributed by atoms with Crippen molar-refractivity contribution < 1.29 is 18.0 Å². The van der Waals surface area contributed by atoms with E-state index in [4.69, 9.17) is 4.98 Å². The van der Waals surface area contributed by atoms with Gasteiger partial charge < -0.3 is 5.32 Å². The summed E-state index contributed by atoms with van der Waals surface area (Å²) in [4.78, 5) is 17.6. The molecule has 1 amide bonds. The van der Waals surface area contributed by atoms with Crippen LogP contribution in [0.5, 0.6) is 0 Å². The predicted molar refractivity (Wildman–Crippen MR) is 103 cm³/mol. The molecule has 1 fully saturated rings. The average Bonchev–Trinajstić information content (AvgIpc) is 3.43. The summed E-state index contributed by atoms with van der Waals surface area (Å²) in [6, 6.07) is 6.84. The fourth-order valence-electron chi connectivity index (χ4n) is 3.33. The number of benzene rings is 1. The molecule has 29 heavy (non-hydrogen) atoms. The Morgan fingerprint density at radius 2 is 2.03 bits per heavy atom. The third-order valence-electron chi connectivity index (χ3n) is 5.02. The number of hydrogen-bond acceptors (Lipinski definition) is 3. The minimum atomic E-state index is -4.41. The van der Waals surface area contributed by atoms with Gasteiger partial charge in [-0.25, -0.2) is 9.67 Å². The van der Waals surface area contributed by atoms with E-state index in [0.29, 0.717) is 28.1 Å². The number of carbonyl (C=O) groups excluding carboxylic acids is 1. The lowest BCUT2D eigenvalue weighted by Crippen LogP contribution is -2.23. The predicted octanol–water partition coefficient (Wildman–Crippen LogP) is 4.84. The van der Waals surface area contributed by atoms with E-state index in [1.807, 2.05) is 13.8 Å². The van der Waals surface area contributed by atoms with Crippen LogP contribution in [-0.2, 0) is 12.7 Å². The van der Waals surface area contributed by atoms with Crippen molar-refractivity contribution in [2.24, 2.45) is 0 Å². The van der Waals surface area contributed by atoms with Gasteiger partial charge in [0.25, 0.3) is 5.91 Å². The number of nitrogens with one attached hydrogen (secondary N) is 1. The molecule has 1 saturated carbocycles. The quantitative estimate of drug-likeness (QED) is 0.664. The summed E-state index contributed by atoms with van der Waals surface area (Å²) in [5.74, 6) is 0.00458. The number of alkyl halides is 3. The van der Waals surface area contributed by atoms with Crippen molar-refractivity contribution in [3.63, 3.8) is 0 Å². The van der Waals surface area contributed by atoms with Crippen molar-refractivity contribution in [2.45, 2.75) is 51.4 Å². The highest BCUT2D eigenvalue weighted by molar-refractivity contribution is 6.05. The van der Waals surface area contributed by atoms with E-state index >= 15 is 0 Å². The second-order valence-electron chi connectivity index (χ2n) is 7.67. The Hall–Kier alpha value is -2.90. The molecule has 0 aliphatic heterocycles. The third kappa shape index (κ3) is 3.97. The molecule has 8 heteroatoms. The van der Waals surface area contributed by atoms with E-state index in [2.05, 4.69) is 10.4 Å². The number of nitrogens with zero attached hydrogens (tertiary/aromatic N) is 3. The maximum atomic E-state index is 12.9. The van der Waals surface area contributed by atoms with Crippen molar-refractivity contribution in [1.29, 1.82) is 0 Å². The van der Waals surface area contributed by atoms with Crippen LogP contribution >= 0.6 is 0 Å². The monoisotopic (exact) mass is 402 g/mol. The van der Waals surface area contributed by atoms with Gasteiger partial charge in [-0.15, -0.1) is 0 Å². The summed E-state index contributed by atoms with van der Waals surface area (Å²) in [5, 5.41) is 7.75. The summed E-state index contributed by atoms with van der Waals surface area (Å²) >= 11 is 0. The van der Waals surface area contributed by atoms with Crippen molar-refractivity contribution in [2.75, 3.05) is 0 Å². The van der Waals surface area contributed by atoms with Gasteiger partial charge in [0.1, 0.15) is 0 Å². The van der Waals surface area contributed by atoms with Crippen LogP contribution in [0, 0.1) is 0 Å². The zero-order valence-electron chi connectivity index (χ0n) is 16.1. The molecule has 1 aromatic carbocycles. The van der Waals surface area contributed by atoms with Gasteiger partial charge in [0.2, 0.25) is 0 Å². The summed E-state index contributed by atoms with van der Waals surface area (Å²) in [6.07, 6.45) is -0.709. The first kappa shape index (κ1) is 19.4. The number of hydrogen-bond donors (Lipinski definition) is 1. The van der Waals surface area contributed by atoms with Crippen molar-refractivity contribution in [3.8, 4) is 0 Å². The Labute approximate surface area is 165 Å². The molecule has 1 N–H and O–H groups in total. The topological polar surface area (TPSA) is 59.8 Å². The highest BCUT2D eigenvalue weighted by Crippen LogP contribution is 2.40. The average molecular weight is 402 g/mol. The van der Waals surface area contributed by atoms with Gasteiger partial charge in [-0.3, -0.25) is 4.79 Å². The number of fused-ring (bicyclic) bond motifs is 1. The van der Waals surface area contributed by atoms with E-state index in [-0.39, 0.29) is 18.5 Å². The third-order valence-corrected chi connectivity index (χ3v) is 5.02. The molecule has 2 aromatic heterocycles. The van der Waals surface area contributed by atoms with Crippen LogP contribution < -0.4 is 5.32 Å². The summed E-state index contributed by atoms with van der Waals surface area (Å²) in [5.41, 5.74) is 1.64. The molecule has 2 heterocycles. The molecule has 4 rings (SSSR count). The molecule has 1 aliphatic rings.